The Kier molecular flexibility index (Phi) is 7.03. The molecule has 0 saturated carbocycles. The maximum absolute atomic E-state index is 13.0. The van der Waals surface area contributed by atoms with Gasteiger partial charge in [-0.1, -0.05) is 23.2 Å². The summed E-state index contributed by atoms with van der Waals surface area (Å²) in [6.07, 6.45) is 0. The number of anilines is 1. The number of carbonyl (C=O) groups excluding carboxylic acids is 2. The monoisotopic (exact) mass is 454 g/mol. The number of esters is 1. The van der Waals surface area contributed by atoms with Gasteiger partial charge in [-0.2, -0.15) is 0 Å². The summed E-state index contributed by atoms with van der Waals surface area (Å²) in [6.45, 7) is -0.914. The summed E-state index contributed by atoms with van der Waals surface area (Å²) < 4.78 is 23.1. The molecule has 0 aliphatic heterocycles. The van der Waals surface area contributed by atoms with Crippen LogP contribution in [0.3, 0.4) is 0 Å². The van der Waals surface area contributed by atoms with Gasteiger partial charge in [-0.3, -0.25) is 10.1 Å². The van der Waals surface area contributed by atoms with Crippen molar-refractivity contribution in [2.75, 3.05) is 18.5 Å². The molecule has 1 N–H and O–H groups in total. The molecule has 0 saturated heterocycles. The second-order valence-electron chi connectivity index (χ2n) is 5.62. The summed E-state index contributed by atoms with van der Waals surface area (Å²) in [5.74, 6) is -1.37. The zero-order valence-electron chi connectivity index (χ0n) is 14.7. The Morgan fingerprint density at radius 1 is 1.10 bits per heavy atom. The number of nitrogens with zero attached hydrogens (tertiary/aromatic N) is 1. The molecule has 6 nitrogen and oxygen atoms in total. The Balaban J connectivity index is 1.45. The number of amides is 1. The van der Waals surface area contributed by atoms with Crippen LogP contribution in [0.15, 0.2) is 47.8 Å². The van der Waals surface area contributed by atoms with Crippen LogP contribution >= 0.6 is 34.5 Å². The van der Waals surface area contributed by atoms with Crippen molar-refractivity contribution in [1.29, 1.82) is 0 Å². The third-order valence-electron chi connectivity index (χ3n) is 3.49. The van der Waals surface area contributed by atoms with Crippen LogP contribution in [0, 0.1) is 5.82 Å². The molecule has 0 bridgehead atoms. The zero-order chi connectivity index (χ0) is 20.8. The van der Waals surface area contributed by atoms with Crippen molar-refractivity contribution in [2.24, 2.45) is 0 Å². The summed E-state index contributed by atoms with van der Waals surface area (Å²) in [6, 6.07) is 10.4. The lowest BCUT2D eigenvalue weighted by molar-refractivity contribution is -0.149. The first-order valence-corrected chi connectivity index (χ1v) is 9.79. The second-order valence-corrected chi connectivity index (χ2v) is 7.32. The van der Waals surface area contributed by atoms with Gasteiger partial charge in [0.1, 0.15) is 11.6 Å². The number of rotatable bonds is 7. The molecule has 3 rings (SSSR count). The number of halogens is 3. The van der Waals surface area contributed by atoms with E-state index in [-0.39, 0.29) is 16.6 Å². The largest absolute Gasteiger partial charge is 0.480 e. The highest BCUT2D eigenvalue weighted by molar-refractivity contribution is 7.14. The molecule has 29 heavy (non-hydrogen) atoms. The molecule has 0 unspecified atom stereocenters. The number of ether oxygens (including phenoxy) is 2. The van der Waals surface area contributed by atoms with Gasteiger partial charge in [0, 0.05) is 16.0 Å². The molecule has 2 aromatic carbocycles. The van der Waals surface area contributed by atoms with E-state index < -0.39 is 25.1 Å². The predicted molar refractivity (Wildman–Crippen MR) is 109 cm³/mol. The highest BCUT2D eigenvalue weighted by Crippen LogP contribution is 2.27. The SMILES string of the molecule is O=C(COC(=O)COc1ccc(Cl)cc1Cl)Nc1nc(-c2ccc(F)cc2)cs1. The van der Waals surface area contributed by atoms with E-state index >= 15 is 0 Å². The van der Waals surface area contributed by atoms with E-state index in [1.165, 1.54) is 35.6 Å². The number of benzene rings is 2. The number of hydrogen-bond acceptors (Lipinski definition) is 6. The summed E-state index contributed by atoms with van der Waals surface area (Å²) >= 11 is 12.9. The number of hydrogen-bond donors (Lipinski definition) is 1. The Bertz CT molecular complexity index is 1030. The second kappa shape index (κ2) is 9.69. The van der Waals surface area contributed by atoms with Crippen LogP contribution in [0.4, 0.5) is 9.52 Å². The van der Waals surface area contributed by atoms with Gasteiger partial charge in [0.05, 0.1) is 10.7 Å². The first-order valence-electron chi connectivity index (χ1n) is 8.15. The average Bonchev–Trinajstić information content (AvgIpc) is 3.14. The highest BCUT2D eigenvalue weighted by Gasteiger charge is 2.12. The fourth-order valence-corrected chi connectivity index (χ4v) is 3.36. The Hall–Kier alpha value is -2.68. The van der Waals surface area contributed by atoms with Crippen LogP contribution in [0.1, 0.15) is 0 Å². The number of thiazole rings is 1. The predicted octanol–water partition coefficient (Wildman–Crippen LogP) is 4.82. The normalized spacial score (nSPS) is 10.4. The Morgan fingerprint density at radius 3 is 2.59 bits per heavy atom. The fourth-order valence-electron chi connectivity index (χ4n) is 2.16. The fraction of sp³-hybridized carbons (Fsp3) is 0.105. The van der Waals surface area contributed by atoms with Crippen LogP contribution in [-0.2, 0) is 14.3 Å². The third kappa shape index (κ3) is 6.15. The lowest BCUT2D eigenvalue weighted by atomic mass is 10.2. The molecule has 10 heteroatoms. The third-order valence-corrected chi connectivity index (χ3v) is 4.78. The van der Waals surface area contributed by atoms with Crippen molar-refractivity contribution >= 4 is 51.5 Å². The van der Waals surface area contributed by atoms with Crippen molar-refractivity contribution in [3.05, 3.63) is 63.7 Å². The van der Waals surface area contributed by atoms with Gasteiger partial charge in [0.25, 0.3) is 5.91 Å². The molecule has 0 atom stereocenters. The van der Waals surface area contributed by atoms with Crippen molar-refractivity contribution in [3.63, 3.8) is 0 Å². The summed E-state index contributed by atoms with van der Waals surface area (Å²) in [5, 5.41) is 5.27. The average molecular weight is 455 g/mol. The first kappa shape index (κ1) is 21.0. The molecule has 0 aliphatic rings. The minimum atomic E-state index is -0.739. The van der Waals surface area contributed by atoms with Gasteiger partial charge < -0.3 is 9.47 Å². The van der Waals surface area contributed by atoms with E-state index in [0.717, 1.165) is 0 Å². The Morgan fingerprint density at radius 2 is 1.86 bits per heavy atom. The lowest BCUT2D eigenvalue weighted by Crippen LogP contribution is -2.23. The standard InChI is InChI=1S/C19H13Cl2FN2O4S/c20-12-3-6-16(14(21)7-12)27-9-18(26)28-8-17(25)24-19-23-15(10-29-19)11-1-4-13(22)5-2-11/h1-7,10H,8-9H2,(H,23,24,25). The van der Waals surface area contributed by atoms with Crippen molar-refractivity contribution in [1.82, 2.24) is 4.98 Å². The van der Waals surface area contributed by atoms with Crippen LogP contribution in [0.2, 0.25) is 10.0 Å². The first-order chi connectivity index (χ1) is 13.9. The summed E-state index contributed by atoms with van der Waals surface area (Å²) in [4.78, 5) is 27.9. The van der Waals surface area contributed by atoms with Gasteiger partial charge in [-0.25, -0.2) is 14.2 Å². The quantitative estimate of drug-likeness (QED) is 0.517. The minimum Gasteiger partial charge on any atom is -0.480 e. The van der Waals surface area contributed by atoms with Crippen LogP contribution in [0.5, 0.6) is 5.75 Å². The van der Waals surface area contributed by atoms with Gasteiger partial charge in [-0.05, 0) is 42.5 Å². The number of aromatic nitrogens is 1. The van der Waals surface area contributed by atoms with E-state index in [2.05, 4.69) is 10.3 Å². The summed E-state index contributed by atoms with van der Waals surface area (Å²) in [7, 11) is 0. The molecule has 1 heterocycles. The molecule has 0 fully saturated rings. The van der Waals surface area contributed by atoms with Gasteiger partial charge in [0.2, 0.25) is 0 Å². The molecule has 1 amide bonds. The van der Waals surface area contributed by atoms with E-state index in [0.29, 0.717) is 21.4 Å². The van der Waals surface area contributed by atoms with Crippen molar-refractivity contribution < 1.29 is 23.5 Å². The van der Waals surface area contributed by atoms with Crippen LogP contribution < -0.4 is 10.1 Å². The molecule has 1 aromatic heterocycles. The van der Waals surface area contributed by atoms with E-state index in [9.17, 15) is 14.0 Å². The van der Waals surface area contributed by atoms with Crippen molar-refractivity contribution in [3.8, 4) is 17.0 Å². The molecular weight excluding hydrogens is 442 g/mol. The number of nitrogens with one attached hydrogen (secondary N) is 1. The molecule has 0 spiro atoms. The molecular formula is C19H13Cl2FN2O4S. The maximum atomic E-state index is 13.0. The topological polar surface area (TPSA) is 77.5 Å². The molecule has 0 aliphatic carbocycles. The maximum Gasteiger partial charge on any atom is 0.344 e. The van der Waals surface area contributed by atoms with Crippen LogP contribution in [0.25, 0.3) is 11.3 Å². The van der Waals surface area contributed by atoms with Gasteiger partial charge in [-0.15, -0.1) is 11.3 Å². The smallest absolute Gasteiger partial charge is 0.344 e. The molecule has 3 aromatic rings. The minimum absolute atomic E-state index is 0.253. The highest BCUT2D eigenvalue weighted by atomic mass is 35.5. The van der Waals surface area contributed by atoms with E-state index in [1.807, 2.05) is 0 Å². The number of carbonyl (C=O) groups is 2. The van der Waals surface area contributed by atoms with E-state index in [4.69, 9.17) is 32.7 Å². The van der Waals surface area contributed by atoms with Gasteiger partial charge in [0.15, 0.2) is 18.3 Å². The van der Waals surface area contributed by atoms with Crippen molar-refractivity contribution in [2.45, 2.75) is 0 Å². The Labute approximate surface area is 179 Å². The zero-order valence-corrected chi connectivity index (χ0v) is 17.0. The van der Waals surface area contributed by atoms with Gasteiger partial charge >= 0.3 is 5.97 Å². The molecule has 150 valence electrons. The van der Waals surface area contributed by atoms with Crippen LogP contribution in [-0.4, -0.2) is 30.1 Å². The molecule has 0 radical (unpaired) electrons. The van der Waals surface area contributed by atoms with E-state index in [1.54, 1.807) is 23.6 Å². The summed E-state index contributed by atoms with van der Waals surface area (Å²) in [5.41, 5.74) is 1.31. The lowest BCUT2D eigenvalue weighted by Gasteiger charge is -2.08.